The Hall–Kier alpha value is -0.870. The van der Waals surface area contributed by atoms with Crippen LogP contribution in [0.5, 0.6) is 0 Å². The maximum absolute atomic E-state index is 5.88. The lowest BCUT2D eigenvalue weighted by Gasteiger charge is -2.34. The summed E-state index contributed by atoms with van der Waals surface area (Å²) in [6.07, 6.45) is 7.34. The number of unbranched alkanes of at least 4 members (excludes halogenated alkanes) is 2. The Balaban J connectivity index is 0.00000288. The van der Waals surface area contributed by atoms with Gasteiger partial charge in [0.1, 0.15) is 6.10 Å². The molecule has 0 saturated carbocycles. The molecule has 1 atom stereocenters. The van der Waals surface area contributed by atoms with Crippen LogP contribution in [0.1, 0.15) is 30.9 Å². The highest BCUT2D eigenvalue weighted by Gasteiger charge is 2.24. The van der Waals surface area contributed by atoms with Crippen LogP contribution in [0.3, 0.4) is 0 Å². The van der Waals surface area contributed by atoms with Gasteiger partial charge in [0.25, 0.3) is 0 Å². The molecule has 1 aliphatic rings. The summed E-state index contributed by atoms with van der Waals surface area (Å²) in [7, 11) is 5.51. The fourth-order valence-corrected chi connectivity index (χ4v) is 2.73. The molecule has 0 radical (unpaired) electrons. The zero-order valence-corrected chi connectivity index (χ0v) is 17.2. The van der Waals surface area contributed by atoms with E-state index in [2.05, 4.69) is 20.3 Å². The maximum atomic E-state index is 5.88. The number of aromatic nitrogens is 2. The highest BCUT2D eigenvalue weighted by Crippen LogP contribution is 2.21. The Morgan fingerprint density at radius 3 is 2.96 bits per heavy atom. The molecular formula is C16H30IN5O2. The van der Waals surface area contributed by atoms with Gasteiger partial charge < -0.3 is 19.7 Å². The Morgan fingerprint density at radius 1 is 1.46 bits per heavy atom. The molecule has 138 valence electrons. The fourth-order valence-electron chi connectivity index (χ4n) is 2.73. The van der Waals surface area contributed by atoms with Crippen LogP contribution in [0, 0.1) is 0 Å². The van der Waals surface area contributed by atoms with Crippen molar-refractivity contribution in [3.63, 3.8) is 0 Å². The highest BCUT2D eigenvalue weighted by atomic mass is 127. The lowest BCUT2D eigenvalue weighted by molar-refractivity contribution is -0.00802. The minimum absolute atomic E-state index is 0. The Bertz CT molecular complexity index is 495. The quantitative estimate of drug-likeness (QED) is 0.297. The smallest absolute Gasteiger partial charge is 0.193 e. The predicted molar refractivity (Wildman–Crippen MR) is 106 cm³/mol. The zero-order valence-electron chi connectivity index (χ0n) is 14.9. The van der Waals surface area contributed by atoms with Crippen LogP contribution < -0.4 is 5.32 Å². The molecule has 24 heavy (non-hydrogen) atoms. The van der Waals surface area contributed by atoms with E-state index >= 15 is 0 Å². The Kier molecular flexibility index (Phi) is 10.3. The van der Waals surface area contributed by atoms with Crippen LogP contribution in [0.2, 0.25) is 0 Å². The lowest BCUT2D eigenvalue weighted by atomic mass is 10.1. The summed E-state index contributed by atoms with van der Waals surface area (Å²) in [5.41, 5.74) is 1.12. The summed E-state index contributed by atoms with van der Waals surface area (Å²) in [6, 6.07) is 0. The number of morpholine rings is 1. The molecule has 1 N–H and O–H groups in total. The van der Waals surface area contributed by atoms with Crippen molar-refractivity contribution in [1.29, 1.82) is 0 Å². The van der Waals surface area contributed by atoms with E-state index in [4.69, 9.17) is 9.47 Å². The molecule has 2 rings (SSSR count). The molecule has 7 nitrogen and oxygen atoms in total. The highest BCUT2D eigenvalue weighted by molar-refractivity contribution is 14.0. The number of ether oxygens (including phenoxy) is 2. The SMILES string of the molecule is CN=C(NCCCCCOC)N1CCOC(c2cnn(C)c2)C1.I. The monoisotopic (exact) mass is 451 g/mol. The van der Waals surface area contributed by atoms with E-state index in [1.165, 1.54) is 6.42 Å². The van der Waals surface area contributed by atoms with Crippen LogP contribution >= 0.6 is 24.0 Å². The third-order valence-electron chi connectivity index (χ3n) is 3.98. The summed E-state index contributed by atoms with van der Waals surface area (Å²) in [6.45, 7) is 4.14. The summed E-state index contributed by atoms with van der Waals surface area (Å²) in [4.78, 5) is 6.67. The van der Waals surface area contributed by atoms with Gasteiger partial charge in [-0.1, -0.05) is 0 Å². The minimum Gasteiger partial charge on any atom is -0.385 e. The van der Waals surface area contributed by atoms with Gasteiger partial charge in [-0.15, -0.1) is 24.0 Å². The zero-order chi connectivity index (χ0) is 16.5. The van der Waals surface area contributed by atoms with Crippen molar-refractivity contribution in [3.8, 4) is 0 Å². The minimum atomic E-state index is 0. The predicted octanol–water partition coefficient (Wildman–Crippen LogP) is 1.80. The van der Waals surface area contributed by atoms with Crippen molar-refractivity contribution in [1.82, 2.24) is 20.0 Å². The fraction of sp³-hybridized carbons (Fsp3) is 0.750. The second kappa shape index (κ2) is 11.6. The number of aryl methyl sites for hydroxylation is 1. The number of guanidine groups is 1. The van der Waals surface area contributed by atoms with Crippen molar-refractivity contribution in [2.24, 2.45) is 12.0 Å². The first-order valence-corrected chi connectivity index (χ1v) is 8.29. The van der Waals surface area contributed by atoms with Crippen LogP contribution in [0.25, 0.3) is 0 Å². The molecule has 0 aliphatic carbocycles. The maximum Gasteiger partial charge on any atom is 0.193 e. The standard InChI is InChI=1S/C16H29N5O2.HI/c1-17-16(18-7-5-4-6-9-22-3)21-8-10-23-15(13-21)14-11-19-20(2)12-14;/h11-12,15H,4-10,13H2,1-3H3,(H,17,18);1H. The van der Waals surface area contributed by atoms with E-state index < -0.39 is 0 Å². The van der Waals surface area contributed by atoms with E-state index in [1.54, 1.807) is 7.11 Å². The molecule has 1 unspecified atom stereocenters. The molecule has 1 aliphatic heterocycles. The average molecular weight is 451 g/mol. The van der Waals surface area contributed by atoms with Crippen molar-refractivity contribution < 1.29 is 9.47 Å². The molecule has 0 aromatic carbocycles. The van der Waals surface area contributed by atoms with Crippen LogP contribution in [-0.4, -0.2) is 67.6 Å². The summed E-state index contributed by atoms with van der Waals surface area (Å²) in [5.74, 6) is 0.953. The van der Waals surface area contributed by atoms with Crippen LogP contribution in [0.15, 0.2) is 17.4 Å². The first kappa shape index (κ1) is 21.2. The summed E-state index contributed by atoms with van der Waals surface area (Å²) < 4.78 is 12.8. The third kappa shape index (κ3) is 6.56. The van der Waals surface area contributed by atoms with Gasteiger partial charge in [0.15, 0.2) is 5.96 Å². The third-order valence-corrected chi connectivity index (χ3v) is 3.98. The van der Waals surface area contributed by atoms with E-state index in [1.807, 2.05) is 31.2 Å². The molecule has 1 saturated heterocycles. The normalized spacial score (nSPS) is 18.4. The van der Waals surface area contributed by atoms with Crippen LogP contribution in [0.4, 0.5) is 0 Å². The number of rotatable bonds is 7. The summed E-state index contributed by atoms with van der Waals surface area (Å²) in [5, 5.41) is 7.68. The van der Waals surface area contributed by atoms with Crippen molar-refractivity contribution >= 4 is 29.9 Å². The molecule has 0 spiro atoms. The van der Waals surface area contributed by atoms with Gasteiger partial charge >= 0.3 is 0 Å². The number of nitrogens with one attached hydrogen (secondary N) is 1. The van der Waals surface area contributed by atoms with Crippen molar-refractivity contribution in [2.45, 2.75) is 25.4 Å². The van der Waals surface area contributed by atoms with Gasteiger partial charge in [0, 0.05) is 52.7 Å². The number of halogens is 1. The van der Waals surface area contributed by atoms with Crippen molar-refractivity contribution in [2.75, 3.05) is 47.0 Å². The molecule has 0 amide bonds. The molecule has 2 heterocycles. The van der Waals surface area contributed by atoms with E-state index in [-0.39, 0.29) is 30.1 Å². The average Bonchev–Trinajstić information content (AvgIpc) is 3.01. The number of hydrogen-bond acceptors (Lipinski definition) is 4. The molecular weight excluding hydrogens is 421 g/mol. The Labute approximate surface area is 161 Å². The first-order valence-electron chi connectivity index (χ1n) is 8.29. The van der Waals surface area contributed by atoms with Gasteiger partial charge in [-0.25, -0.2) is 0 Å². The number of aliphatic imine (C=N–C) groups is 1. The topological polar surface area (TPSA) is 63.9 Å². The van der Waals surface area contributed by atoms with E-state index in [0.29, 0.717) is 6.61 Å². The molecule has 8 heteroatoms. The van der Waals surface area contributed by atoms with Gasteiger partial charge in [-0.2, -0.15) is 5.10 Å². The second-order valence-electron chi connectivity index (χ2n) is 5.78. The lowest BCUT2D eigenvalue weighted by Crippen LogP contribution is -2.48. The molecule has 1 aromatic rings. The van der Waals surface area contributed by atoms with E-state index in [0.717, 1.165) is 50.6 Å². The Morgan fingerprint density at radius 2 is 2.29 bits per heavy atom. The molecule has 1 fully saturated rings. The van der Waals surface area contributed by atoms with Gasteiger partial charge in [0.2, 0.25) is 0 Å². The largest absolute Gasteiger partial charge is 0.385 e. The number of nitrogens with zero attached hydrogens (tertiary/aromatic N) is 4. The van der Waals surface area contributed by atoms with Gasteiger partial charge in [-0.3, -0.25) is 9.67 Å². The molecule has 0 bridgehead atoms. The first-order chi connectivity index (χ1) is 11.2. The number of methoxy groups -OCH3 is 1. The van der Waals surface area contributed by atoms with Crippen LogP contribution in [-0.2, 0) is 16.5 Å². The van der Waals surface area contributed by atoms with Gasteiger partial charge in [0.05, 0.1) is 19.3 Å². The number of hydrogen-bond donors (Lipinski definition) is 1. The summed E-state index contributed by atoms with van der Waals surface area (Å²) >= 11 is 0. The van der Waals surface area contributed by atoms with E-state index in [9.17, 15) is 0 Å². The molecule has 1 aromatic heterocycles. The van der Waals surface area contributed by atoms with Crippen molar-refractivity contribution in [3.05, 3.63) is 18.0 Å². The second-order valence-corrected chi connectivity index (χ2v) is 5.78. The van der Waals surface area contributed by atoms with Gasteiger partial charge in [-0.05, 0) is 19.3 Å².